The molecule has 186 valence electrons. The molecule has 36 heavy (non-hydrogen) atoms. The predicted molar refractivity (Wildman–Crippen MR) is 129 cm³/mol. The summed E-state index contributed by atoms with van der Waals surface area (Å²) in [6.07, 6.45) is 1.98. The number of nitrogens with zero attached hydrogens (tertiary/aromatic N) is 5. The quantitative estimate of drug-likeness (QED) is 0.436. The van der Waals surface area contributed by atoms with Crippen molar-refractivity contribution >= 4 is 22.7 Å². The van der Waals surface area contributed by atoms with E-state index in [9.17, 15) is 13.6 Å². The monoisotopic (exact) mass is 495 g/mol. The molecule has 6 rings (SSSR count). The van der Waals surface area contributed by atoms with E-state index in [1.54, 1.807) is 17.7 Å². The first-order valence-electron chi connectivity index (χ1n) is 11.9. The summed E-state index contributed by atoms with van der Waals surface area (Å²) in [7, 11) is 0. The summed E-state index contributed by atoms with van der Waals surface area (Å²) in [5.74, 6) is -2.75. The summed E-state index contributed by atoms with van der Waals surface area (Å²) < 4.78 is 45.0. The van der Waals surface area contributed by atoms with Gasteiger partial charge in [-0.1, -0.05) is 6.07 Å². The number of halogens is 3. The molecule has 1 saturated carbocycles. The first kappa shape index (κ1) is 22.7. The van der Waals surface area contributed by atoms with E-state index in [4.69, 9.17) is 0 Å². The fourth-order valence-corrected chi connectivity index (χ4v) is 5.07. The predicted octanol–water partition coefficient (Wildman–Crippen LogP) is 3.98. The van der Waals surface area contributed by atoms with Gasteiger partial charge < -0.3 is 10.6 Å². The van der Waals surface area contributed by atoms with Crippen molar-refractivity contribution in [1.82, 2.24) is 29.6 Å². The second kappa shape index (κ2) is 8.16. The summed E-state index contributed by atoms with van der Waals surface area (Å²) in [5.41, 5.74) is 1.45. The molecule has 2 aliphatic rings. The first-order valence-corrected chi connectivity index (χ1v) is 11.9. The molecule has 11 heteroatoms. The van der Waals surface area contributed by atoms with E-state index in [1.165, 1.54) is 34.3 Å². The minimum Gasteiger partial charge on any atom is -0.324 e. The highest BCUT2D eigenvalue weighted by Crippen LogP contribution is 2.54. The molecule has 0 saturated heterocycles. The number of fused-ring (bicyclic) bond motifs is 2. The van der Waals surface area contributed by atoms with Crippen LogP contribution in [0.3, 0.4) is 0 Å². The summed E-state index contributed by atoms with van der Waals surface area (Å²) in [4.78, 5) is 26.0. The van der Waals surface area contributed by atoms with Crippen LogP contribution in [0.25, 0.3) is 16.7 Å². The smallest absolute Gasteiger partial charge is 0.278 e. The maximum Gasteiger partial charge on any atom is 0.278 e. The second-order valence-electron chi connectivity index (χ2n) is 9.37. The van der Waals surface area contributed by atoms with Crippen LogP contribution in [0.4, 0.5) is 24.8 Å². The van der Waals surface area contributed by atoms with Crippen molar-refractivity contribution in [3.63, 3.8) is 0 Å². The Balaban J connectivity index is 1.41. The van der Waals surface area contributed by atoms with Gasteiger partial charge in [0.25, 0.3) is 11.5 Å². The van der Waals surface area contributed by atoms with Gasteiger partial charge in [0, 0.05) is 31.2 Å². The third-order valence-electron chi connectivity index (χ3n) is 6.85. The lowest BCUT2D eigenvalue weighted by Crippen LogP contribution is -2.46. The SMILES string of the molecule is CCn1c(=O)c2cnc(Nc3ccc4c(c3)CNCC4)nc2n1-c1ccnc(C2(F)CC(F)(F)C2)c1. The molecule has 2 N–H and O–H groups in total. The number of benzene rings is 1. The standard InChI is InChI=1S/C25H24F3N7O/c1-2-34-22(36)19-12-31-23(32-17-4-3-15-5-7-29-11-16(15)9-17)33-21(19)35(34)18-6-8-30-20(10-18)24(26)13-25(27,28)14-24/h3-4,6,8-10,12,29H,2,5,7,11,13-14H2,1H3,(H,31,32,33). The average molecular weight is 496 g/mol. The van der Waals surface area contributed by atoms with Gasteiger partial charge in [-0.05, 0) is 55.3 Å². The second-order valence-corrected chi connectivity index (χ2v) is 9.37. The number of alkyl halides is 3. The van der Waals surface area contributed by atoms with Crippen molar-refractivity contribution < 1.29 is 13.2 Å². The van der Waals surface area contributed by atoms with Crippen LogP contribution < -0.4 is 16.2 Å². The average Bonchev–Trinajstić information content (AvgIpc) is 3.13. The molecule has 0 radical (unpaired) electrons. The van der Waals surface area contributed by atoms with Crippen molar-refractivity contribution in [1.29, 1.82) is 0 Å². The number of rotatable bonds is 5. The molecule has 4 heterocycles. The Hall–Kier alpha value is -3.73. The maximum atomic E-state index is 15.1. The van der Waals surface area contributed by atoms with Crippen molar-refractivity contribution in [3.05, 3.63) is 69.9 Å². The Morgan fingerprint density at radius 3 is 2.72 bits per heavy atom. The van der Waals surface area contributed by atoms with E-state index < -0.39 is 24.4 Å². The number of nitrogens with one attached hydrogen (secondary N) is 2. The summed E-state index contributed by atoms with van der Waals surface area (Å²) in [6, 6.07) is 9.10. The van der Waals surface area contributed by atoms with Crippen molar-refractivity contribution in [3.8, 4) is 5.69 Å². The lowest BCUT2D eigenvalue weighted by Gasteiger charge is -2.40. The highest BCUT2D eigenvalue weighted by Gasteiger charge is 2.59. The first-order chi connectivity index (χ1) is 17.3. The molecule has 0 spiro atoms. The zero-order chi connectivity index (χ0) is 25.1. The highest BCUT2D eigenvalue weighted by molar-refractivity contribution is 5.77. The van der Waals surface area contributed by atoms with Gasteiger partial charge in [-0.15, -0.1) is 0 Å². The van der Waals surface area contributed by atoms with Crippen LogP contribution in [0.15, 0.2) is 47.5 Å². The van der Waals surface area contributed by atoms with E-state index in [2.05, 4.69) is 31.7 Å². The number of aromatic nitrogens is 5. The van der Waals surface area contributed by atoms with E-state index in [0.29, 0.717) is 29.2 Å². The van der Waals surface area contributed by atoms with Gasteiger partial charge in [0.2, 0.25) is 5.95 Å². The van der Waals surface area contributed by atoms with E-state index in [-0.39, 0.29) is 11.3 Å². The van der Waals surface area contributed by atoms with Crippen LogP contribution in [-0.2, 0) is 25.2 Å². The lowest BCUT2D eigenvalue weighted by atomic mass is 9.76. The van der Waals surface area contributed by atoms with Gasteiger partial charge in [0.05, 0.1) is 24.2 Å². The summed E-state index contributed by atoms with van der Waals surface area (Å²) in [6.45, 7) is 3.85. The van der Waals surface area contributed by atoms with Crippen LogP contribution in [0.1, 0.15) is 36.6 Å². The normalized spacial score (nSPS) is 18.0. The van der Waals surface area contributed by atoms with Crippen LogP contribution >= 0.6 is 0 Å². The number of hydrogen-bond acceptors (Lipinski definition) is 6. The Bertz CT molecular complexity index is 1540. The molecule has 1 aromatic carbocycles. The van der Waals surface area contributed by atoms with Gasteiger partial charge in [-0.3, -0.25) is 9.78 Å². The molecule has 4 aromatic rings. The van der Waals surface area contributed by atoms with Crippen LogP contribution in [0.2, 0.25) is 0 Å². The minimum atomic E-state index is -3.04. The lowest BCUT2D eigenvalue weighted by molar-refractivity contribution is -0.176. The van der Waals surface area contributed by atoms with Crippen LogP contribution in [-0.4, -0.2) is 36.8 Å². The Kier molecular flexibility index (Phi) is 5.15. The van der Waals surface area contributed by atoms with Crippen molar-refractivity contribution in [2.45, 2.75) is 50.9 Å². The molecule has 8 nitrogen and oxygen atoms in total. The molecule has 1 aliphatic carbocycles. The van der Waals surface area contributed by atoms with E-state index in [1.807, 2.05) is 12.1 Å². The topological polar surface area (TPSA) is 89.7 Å². The zero-order valence-electron chi connectivity index (χ0n) is 19.6. The summed E-state index contributed by atoms with van der Waals surface area (Å²) >= 11 is 0. The van der Waals surface area contributed by atoms with Crippen molar-refractivity contribution in [2.75, 3.05) is 11.9 Å². The van der Waals surface area contributed by atoms with Gasteiger partial charge in [0.1, 0.15) is 5.39 Å². The van der Waals surface area contributed by atoms with Gasteiger partial charge in [-0.2, -0.15) is 4.98 Å². The molecule has 0 unspecified atom stereocenters. The number of hydrogen-bond donors (Lipinski definition) is 2. The Morgan fingerprint density at radius 1 is 1.11 bits per heavy atom. The maximum absolute atomic E-state index is 15.1. The largest absolute Gasteiger partial charge is 0.324 e. The number of anilines is 2. The van der Waals surface area contributed by atoms with Gasteiger partial charge in [0.15, 0.2) is 11.3 Å². The van der Waals surface area contributed by atoms with Gasteiger partial charge in [-0.25, -0.2) is 27.5 Å². The van der Waals surface area contributed by atoms with Crippen LogP contribution in [0, 0.1) is 0 Å². The van der Waals surface area contributed by atoms with Crippen molar-refractivity contribution in [2.24, 2.45) is 0 Å². The molecule has 1 aliphatic heterocycles. The third kappa shape index (κ3) is 3.74. The minimum absolute atomic E-state index is 0.0852. The molecule has 0 bridgehead atoms. The Morgan fingerprint density at radius 2 is 1.94 bits per heavy atom. The fourth-order valence-electron chi connectivity index (χ4n) is 5.07. The van der Waals surface area contributed by atoms with Crippen LogP contribution in [0.5, 0.6) is 0 Å². The highest BCUT2D eigenvalue weighted by atomic mass is 19.3. The molecule has 1 fully saturated rings. The zero-order valence-corrected chi connectivity index (χ0v) is 19.6. The fraction of sp³-hybridized carbons (Fsp3) is 0.360. The van der Waals surface area contributed by atoms with E-state index >= 15 is 4.39 Å². The number of pyridine rings is 1. The Labute approximate surface area is 204 Å². The molecular weight excluding hydrogens is 471 g/mol. The molecule has 3 aromatic heterocycles. The summed E-state index contributed by atoms with van der Waals surface area (Å²) in [5, 5.41) is 6.85. The molecule has 0 amide bonds. The van der Waals surface area contributed by atoms with Gasteiger partial charge >= 0.3 is 0 Å². The third-order valence-corrected chi connectivity index (χ3v) is 6.85. The van der Waals surface area contributed by atoms with E-state index in [0.717, 1.165) is 25.2 Å². The molecular formula is C25H24F3N7O. The molecule has 0 atom stereocenters.